The monoisotopic (exact) mass is 451 g/mol. The quantitative estimate of drug-likeness (QED) is 0.594. The first-order valence-electron chi connectivity index (χ1n) is 11.9. The van der Waals surface area contributed by atoms with Crippen LogP contribution in [0.4, 0.5) is 17.6 Å². The van der Waals surface area contributed by atoms with Crippen LogP contribution in [0.3, 0.4) is 0 Å². The lowest BCUT2D eigenvalue weighted by Crippen LogP contribution is -2.52. The average molecular weight is 452 g/mol. The maximum absolute atomic E-state index is 13.2. The van der Waals surface area contributed by atoms with Gasteiger partial charge in [-0.15, -0.1) is 5.10 Å². The van der Waals surface area contributed by atoms with Crippen LogP contribution in [0.5, 0.6) is 0 Å². The summed E-state index contributed by atoms with van der Waals surface area (Å²) in [5, 5.41) is 11.4. The van der Waals surface area contributed by atoms with Crippen LogP contribution in [0.2, 0.25) is 0 Å². The molecular formula is C23H33N9O. The fourth-order valence-electron chi connectivity index (χ4n) is 4.80. The minimum atomic E-state index is -0.252. The number of carbonyl (C=O) groups excluding carboxylic acids is 1. The number of anilines is 3. The van der Waals surface area contributed by atoms with Gasteiger partial charge in [0.15, 0.2) is 5.82 Å². The van der Waals surface area contributed by atoms with Crippen LogP contribution >= 0.6 is 0 Å². The van der Waals surface area contributed by atoms with E-state index in [4.69, 9.17) is 10.1 Å². The molecule has 2 fully saturated rings. The summed E-state index contributed by atoms with van der Waals surface area (Å²) in [7, 11) is 2.11. The second-order valence-electron chi connectivity index (χ2n) is 9.48. The van der Waals surface area contributed by atoms with Crippen LogP contribution in [0.1, 0.15) is 45.6 Å². The Labute approximate surface area is 194 Å². The molecule has 2 aliphatic rings. The molecule has 2 aliphatic heterocycles. The maximum atomic E-state index is 13.2. The van der Waals surface area contributed by atoms with Crippen molar-refractivity contribution in [2.45, 2.75) is 57.7 Å². The number of nitrogens with zero attached hydrogens (tertiary/aromatic N) is 7. The van der Waals surface area contributed by atoms with Gasteiger partial charge in [0.2, 0.25) is 11.9 Å². The number of piperidine rings is 1. The second-order valence-corrected chi connectivity index (χ2v) is 9.48. The van der Waals surface area contributed by atoms with E-state index < -0.39 is 0 Å². The topological polar surface area (TPSA) is 95.6 Å². The van der Waals surface area contributed by atoms with Gasteiger partial charge < -0.3 is 25.0 Å². The predicted molar refractivity (Wildman–Crippen MR) is 128 cm³/mol. The highest BCUT2D eigenvalue weighted by Gasteiger charge is 2.34. The van der Waals surface area contributed by atoms with Gasteiger partial charge in [0.1, 0.15) is 17.4 Å². The van der Waals surface area contributed by atoms with Gasteiger partial charge in [-0.25, -0.2) is 9.50 Å². The number of likely N-dealkylation sites (N-methyl/N-ethyl adjacent to an activating group) is 1. The smallest absolute Gasteiger partial charge is 0.246 e. The Morgan fingerprint density at radius 1 is 1.21 bits per heavy atom. The highest BCUT2D eigenvalue weighted by Crippen LogP contribution is 2.27. The lowest BCUT2D eigenvalue weighted by molar-refractivity contribution is -0.123. The number of carbonyl (C=O) groups is 1. The Hall–Kier alpha value is -3.14. The minimum Gasteiger partial charge on any atom is -0.350 e. The van der Waals surface area contributed by atoms with Crippen LogP contribution in [0.15, 0.2) is 30.9 Å². The molecule has 2 atom stereocenters. The van der Waals surface area contributed by atoms with Gasteiger partial charge in [0.25, 0.3) is 0 Å². The van der Waals surface area contributed by atoms with Crippen molar-refractivity contribution in [3.8, 4) is 0 Å². The van der Waals surface area contributed by atoms with Crippen molar-refractivity contribution in [1.82, 2.24) is 34.4 Å². The average Bonchev–Trinajstić information content (AvgIpc) is 3.53. The third-order valence-corrected chi connectivity index (χ3v) is 6.61. The Balaban J connectivity index is 1.38. The fraction of sp³-hybridized carbons (Fsp3) is 0.565. The number of hydrogen-bond donors (Lipinski definition) is 2. The molecule has 5 heterocycles. The molecule has 3 aromatic heterocycles. The molecule has 10 nitrogen and oxygen atoms in total. The highest BCUT2D eigenvalue weighted by molar-refractivity contribution is 5.86. The molecule has 0 radical (unpaired) electrons. The van der Waals surface area contributed by atoms with E-state index in [1.54, 1.807) is 0 Å². The van der Waals surface area contributed by atoms with Crippen molar-refractivity contribution in [3.63, 3.8) is 0 Å². The lowest BCUT2D eigenvalue weighted by Gasteiger charge is -2.32. The molecule has 5 rings (SSSR count). The van der Waals surface area contributed by atoms with Gasteiger partial charge >= 0.3 is 0 Å². The second kappa shape index (κ2) is 9.01. The highest BCUT2D eigenvalue weighted by atomic mass is 16.2. The number of rotatable bonds is 6. The van der Waals surface area contributed by atoms with Crippen LogP contribution in [-0.4, -0.2) is 73.7 Å². The zero-order valence-corrected chi connectivity index (χ0v) is 19.6. The molecule has 0 bridgehead atoms. The molecule has 1 unspecified atom stereocenters. The van der Waals surface area contributed by atoms with E-state index in [2.05, 4.69) is 41.4 Å². The van der Waals surface area contributed by atoms with Crippen molar-refractivity contribution >= 4 is 29.0 Å². The number of aromatic nitrogens is 5. The van der Waals surface area contributed by atoms with Gasteiger partial charge in [-0.2, -0.15) is 4.98 Å². The Morgan fingerprint density at radius 3 is 2.85 bits per heavy atom. The van der Waals surface area contributed by atoms with E-state index in [1.807, 2.05) is 44.8 Å². The number of imidazole rings is 1. The molecule has 0 saturated carbocycles. The molecule has 3 aromatic rings. The minimum absolute atomic E-state index is 0.0780. The molecule has 0 aromatic carbocycles. The maximum Gasteiger partial charge on any atom is 0.246 e. The molecule has 176 valence electrons. The van der Waals surface area contributed by atoms with Gasteiger partial charge in [0, 0.05) is 37.6 Å². The van der Waals surface area contributed by atoms with Gasteiger partial charge in [-0.1, -0.05) is 0 Å². The Bertz CT molecular complexity index is 1120. The van der Waals surface area contributed by atoms with Crippen molar-refractivity contribution in [1.29, 1.82) is 0 Å². The molecular weight excluding hydrogens is 418 g/mol. The van der Waals surface area contributed by atoms with Crippen LogP contribution in [0, 0.1) is 0 Å². The number of nitrogens with one attached hydrogen (secondary N) is 2. The number of fused-ring (bicyclic) bond motifs is 1. The first-order chi connectivity index (χ1) is 16.0. The van der Waals surface area contributed by atoms with Crippen LogP contribution in [-0.2, 0) is 4.79 Å². The molecule has 0 spiro atoms. The zero-order chi connectivity index (χ0) is 22.9. The number of hydrogen-bond acceptors (Lipinski definition) is 7. The summed E-state index contributed by atoms with van der Waals surface area (Å²) in [6, 6.07) is 4.20. The first-order valence-corrected chi connectivity index (χ1v) is 11.9. The SMILES string of the molecule is CC(C)n1cnc(Nc2nc(N3CCC[C@H]3C(=O)NC3CCCN(C)C3)nn3cccc23)c1. The van der Waals surface area contributed by atoms with Crippen molar-refractivity contribution in [3.05, 3.63) is 30.9 Å². The Kier molecular flexibility index (Phi) is 5.92. The summed E-state index contributed by atoms with van der Waals surface area (Å²) in [6.45, 7) is 6.99. The summed E-state index contributed by atoms with van der Waals surface area (Å²) in [5.41, 5.74) is 0.864. The van der Waals surface area contributed by atoms with Crippen LogP contribution < -0.4 is 15.5 Å². The molecule has 10 heteroatoms. The van der Waals surface area contributed by atoms with E-state index >= 15 is 0 Å². The van der Waals surface area contributed by atoms with Crippen molar-refractivity contribution < 1.29 is 4.79 Å². The van der Waals surface area contributed by atoms with Crippen LogP contribution in [0.25, 0.3) is 5.52 Å². The largest absolute Gasteiger partial charge is 0.350 e. The van der Waals surface area contributed by atoms with E-state index in [0.29, 0.717) is 17.8 Å². The summed E-state index contributed by atoms with van der Waals surface area (Å²) in [5.74, 6) is 2.05. The summed E-state index contributed by atoms with van der Waals surface area (Å²) in [6.07, 6.45) is 9.59. The predicted octanol–water partition coefficient (Wildman–Crippen LogP) is 2.43. The zero-order valence-electron chi connectivity index (χ0n) is 19.6. The molecule has 1 amide bonds. The standard InChI is InChI=1S/C23H33N9O/c1-16(2)30-14-20(24-15-30)26-21-18-8-6-12-32(18)28-23(27-21)31-11-5-9-19(31)22(33)25-17-7-4-10-29(3)13-17/h6,8,12,14-17,19H,4-5,7,9-11,13H2,1-3H3,(H,25,33)(H,26,27,28)/t17?,19-/m0/s1. The van der Waals surface area contributed by atoms with E-state index in [0.717, 1.165) is 56.7 Å². The van der Waals surface area contributed by atoms with Gasteiger partial charge in [-0.3, -0.25) is 4.79 Å². The molecule has 2 saturated heterocycles. The number of amides is 1. The fourth-order valence-corrected chi connectivity index (χ4v) is 4.80. The van der Waals surface area contributed by atoms with Crippen molar-refractivity contribution in [2.24, 2.45) is 0 Å². The van der Waals surface area contributed by atoms with E-state index in [-0.39, 0.29) is 18.0 Å². The van der Waals surface area contributed by atoms with Gasteiger partial charge in [-0.05, 0) is 65.3 Å². The summed E-state index contributed by atoms with van der Waals surface area (Å²) >= 11 is 0. The Morgan fingerprint density at radius 2 is 2.06 bits per heavy atom. The van der Waals surface area contributed by atoms with Gasteiger partial charge in [0.05, 0.1) is 6.33 Å². The van der Waals surface area contributed by atoms with Crippen molar-refractivity contribution in [2.75, 3.05) is 36.9 Å². The summed E-state index contributed by atoms with van der Waals surface area (Å²) < 4.78 is 3.86. The molecule has 2 N–H and O–H groups in total. The third kappa shape index (κ3) is 4.52. The lowest BCUT2D eigenvalue weighted by atomic mass is 10.1. The molecule has 33 heavy (non-hydrogen) atoms. The first kappa shape index (κ1) is 21.7. The van der Waals surface area contributed by atoms with E-state index in [1.165, 1.54) is 0 Å². The third-order valence-electron chi connectivity index (χ3n) is 6.61. The summed E-state index contributed by atoms with van der Waals surface area (Å²) in [4.78, 5) is 26.8. The number of likely N-dealkylation sites (tertiary alicyclic amines) is 1. The molecule has 0 aliphatic carbocycles. The normalized spacial score (nSPS) is 21.8. The van der Waals surface area contributed by atoms with E-state index in [9.17, 15) is 4.79 Å².